The third-order valence-electron chi connectivity index (χ3n) is 10.5. The Morgan fingerprint density at radius 2 is 1.64 bits per heavy atom. The van der Waals surface area contributed by atoms with Crippen molar-refractivity contribution in [3.63, 3.8) is 0 Å². The summed E-state index contributed by atoms with van der Waals surface area (Å²) in [6.45, 7) is 5.79. The molecule has 2 saturated heterocycles. The first kappa shape index (κ1) is 38.1. The van der Waals surface area contributed by atoms with Gasteiger partial charge in [0.2, 0.25) is 5.78 Å². The topological polar surface area (TPSA) is 244 Å². The fourth-order valence-electron chi connectivity index (χ4n) is 7.59. The first-order valence-corrected chi connectivity index (χ1v) is 17.0. The molecule has 0 bridgehead atoms. The largest absolute Gasteiger partial charge is 0.507 e. The van der Waals surface area contributed by atoms with Crippen molar-refractivity contribution in [2.45, 2.75) is 106 Å². The number of carboxylic acids is 1. The van der Waals surface area contributed by atoms with Crippen LogP contribution in [-0.4, -0.2) is 113 Å². The van der Waals surface area contributed by atoms with E-state index in [1.807, 2.05) is 0 Å². The van der Waals surface area contributed by atoms with E-state index in [0.717, 1.165) is 19.1 Å². The summed E-state index contributed by atoms with van der Waals surface area (Å²) in [5.41, 5.74) is -9.49. The van der Waals surface area contributed by atoms with Gasteiger partial charge in [0.25, 0.3) is 5.79 Å². The molecule has 1 saturated carbocycles. The van der Waals surface area contributed by atoms with Gasteiger partial charge in [-0.1, -0.05) is 42.5 Å². The Bertz CT molecular complexity index is 1940. The Balaban J connectivity index is 1.10. The Morgan fingerprint density at radius 1 is 0.943 bits per heavy atom. The molecular formula is C38H40O15. The molecule has 53 heavy (non-hydrogen) atoms. The minimum absolute atomic E-state index is 0.176. The Kier molecular flexibility index (Phi) is 9.61. The number of hydrogen-bond donors (Lipinski definition) is 6. The summed E-state index contributed by atoms with van der Waals surface area (Å²) in [7, 11) is 0. The summed E-state index contributed by atoms with van der Waals surface area (Å²) in [5, 5.41) is 64.6. The number of fused-ring (bicyclic) bond motifs is 3. The summed E-state index contributed by atoms with van der Waals surface area (Å²) in [5.74, 6) is -7.54. The molecule has 6 rings (SSSR count). The third kappa shape index (κ3) is 6.21. The van der Waals surface area contributed by atoms with E-state index in [0.29, 0.717) is 6.42 Å². The van der Waals surface area contributed by atoms with E-state index in [-0.39, 0.29) is 17.5 Å². The van der Waals surface area contributed by atoms with Crippen LogP contribution in [0.2, 0.25) is 0 Å². The number of aromatic hydroxyl groups is 1. The van der Waals surface area contributed by atoms with Crippen molar-refractivity contribution in [3.05, 3.63) is 88.6 Å². The van der Waals surface area contributed by atoms with Crippen LogP contribution < -0.4 is 0 Å². The molecule has 10 atom stereocenters. The van der Waals surface area contributed by atoms with Crippen molar-refractivity contribution < 1.29 is 73.6 Å². The molecule has 0 spiro atoms. The highest BCUT2D eigenvalue weighted by Crippen LogP contribution is 2.52. The number of benzene rings is 1. The highest BCUT2D eigenvalue weighted by atomic mass is 16.8. The smallest absolute Gasteiger partial charge is 0.364 e. The van der Waals surface area contributed by atoms with Crippen molar-refractivity contribution in [3.8, 4) is 5.75 Å². The summed E-state index contributed by atoms with van der Waals surface area (Å²) >= 11 is 0. The molecule has 15 nitrogen and oxygen atoms in total. The number of rotatable bonds is 7. The Hall–Kier alpha value is -4.61. The second-order valence-electron chi connectivity index (χ2n) is 14.3. The van der Waals surface area contributed by atoms with E-state index in [1.54, 1.807) is 38.2 Å². The van der Waals surface area contributed by atoms with Crippen molar-refractivity contribution >= 4 is 29.3 Å². The molecule has 3 fully saturated rings. The zero-order valence-electron chi connectivity index (χ0n) is 29.2. The summed E-state index contributed by atoms with van der Waals surface area (Å²) in [6.07, 6.45) is 5.66. The molecule has 5 aliphatic rings. The van der Waals surface area contributed by atoms with Gasteiger partial charge in [-0.3, -0.25) is 14.4 Å². The molecular weight excluding hydrogens is 696 g/mol. The van der Waals surface area contributed by atoms with E-state index in [2.05, 4.69) is 0 Å². The number of ether oxygens (including phenoxy) is 4. The predicted octanol–water partition coefficient (Wildman–Crippen LogP) is 1.61. The van der Waals surface area contributed by atoms with Gasteiger partial charge in [0.15, 0.2) is 17.2 Å². The first-order valence-electron chi connectivity index (χ1n) is 17.0. The van der Waals surface area contributed by atoms with E-state index < -0.39 is 117 Å². The van der Waals surface area contributed by atoms with Crippen LogP contribution in [-0.2, 0) is 33.3 Å². The number of hydrogen-bond acceptors (Lipinski definition) is 14. The molecule has 0 aromatic heterocycles. The molecule has 6 N–H and O–H groups in total. The van der Waals surface area contributed by atoms with Gasteiger partial charge in [0.1, 0.15) is 29.7 Å². The van der Waals surface area contributed by atoms with Gasteiger partial charge < -0.3 is 49.6 Å². The quantitative estimate of drug-likeness (QED) is 0.132. The number of carbonyl (C=O) groups excluding carboxylic acids is 4. The number of esters is 1. The maximum absolute atomic E-state index is 13.8. The standard InChI is InChI=1S/C38H40O15/c1-18-23(51-26(39)10-8-6-5-7-9-24-19(2)52-36(4,53-24)34(45)46)13-14-25(50-18)20-11-12-21-27(29(20)40)30(41)22-15-16-37(48)17-35(3,47)32(43)33(44)38(37,49)28(22)31(21)42/h5-12,15-16,18-19,23-25,32,40,43,47-49H,13-14,17H2,1-4H3,(H,45,46)/b6-5+,9-7+,10-8+/t18-,19+,23?,24+,25?,32+,35+,36+,37+,38-/m1/s1. The molecule has 0 amide bonds. The highest BCUT2D eigenvalue weighted by molar-refractivity contribution is 6.32. The predicted molar refractivity (Wildman–Crippen MR) is 180 cm³/mol. The number of aliphatic hydroxyl groups excluding tert-OH is 1. The molecule has 3 aliphatic carbocycles. The van der Waals surface area contributed by atoms with Crippen molar-refractivity contribution in [2.24, 2.45) is 0 Å². The number of carboxylic acid groups (broad SMARTS) is 1. The number of carbonyl (C=O) groups is 5. The first-order chi connectivity index (χ1) is 24.8. The lowest BCUT2D eigenvalue weighted by Gasteiger charge is -2.53. The van der Waals surface area contributed by atoms with Crippen LogP contribution in [0, 0.1) is 0 Å². The molecule has 15 heteroatoms. The number of phenols is 1. The van der Waals surface area contributed by atoms with Crippen LogP contribution in [0.3, 0.4) is 0 Å². The van der Waals surface area contributed by atoms with Crippen LogP contribution in [0.15, 0.2) is 71.9 Å². The van der Waals surface area contributed by atoms with Gasteiger partial charge in [0, 0.05) is 36.1 Å². The van der Waals surface area contributed by atoms with Crippen LogP contribution in [0.25, 0.3) is 0 Å². The van der Waals surface area contributed by atoms with Gasteiger partial charge in [0.05, 0.1) is 35.0 Å². The summed E-state index contributed by atoms with van der Waals surface area (Å²) < 4.78 is 22.5. The zero-order chi connectivity index (χ0) is 38.8. The number of ketones is 3. The normalized spacial score (nSPS) is 38.5. The maximum atomic E-state index is 13.8. The number of allylic oxidation sites excluding steroid dienone is 6. The van der Waals surface area contributed by atoms with Crippen molar-refractivity contribution in [1.82, 2.24) is 0 Å². The van der Waals surface area contributed by atoms with Gasteiger partial charge in [-0.25, -0.2) is 9.59 Å². The van der Waals surface area contributed by atoms with E-state index >= 15 is 0 Å². The third-order valence-corrected chi connectivity index (χ3v) is 10.5. The average Bonchev–Trinajstić information content (AvgIpc) is 3.39. The highest BCUT2D eigenvalue weighted by Gasteiger charge is 2.69. The van der Waals surface area contributed by atoms with Gasteiger partial charge in [-0.05, 0) is 45.8 Å². The number of phenolic OH excluding ortho intramolecular Hbond substituents is 1. The fourth-order valence-corrected chi connectivity index (χ4v) is 7.59. The van der Waals surface area contributed by atoms with Crippen LogP contribution in [0.1, 0.15) is 79.3 Å². The minimum atomic E-state index is -3.05. The van der Waals surface area contributed by atoms with Crippen LogP contribution >= 0.6 is 0 Å². The van der Waals surface area contributed by atoms with E-state index in [9.17, 15) is 54.6 Å². The molecule has 2 aliphatic heterocycles. The second-order valence-corrected chi connectivity index (χ2v) is 14.3. The fraction of sp³-hybridized carbons (Fsp3) is 0.447. The van der Waals surface area contributed by atoms with Crippen LogP contribution in [0.5, 0.6) is 5.75 Å². The Labute approximate surface area is 303 Å². The van der Waals surface area contributed by atoms with E-state index in [1.165, 1.54) is 31.2 Å². The lowest BCUT2D eigenvalue weighted by Crippen LogP contribution is -2.74. The monoisotopic (exact) mass is 736 g/mol. The maximum Gasteiger partial charge on any atom is 0.364 e. The summed E-state index contributed by atoms with van der Waals surface area (Å²) in [6, 6.07) is 2.61. The SMILES string of the molecule is C[C@@H]1O[C@](C)(C(=O)O)O[C@H]1/C=C/C=C/C=C/C(=O)OC1CCC(c2ccc3c(c2O)C(=O)C2=C(C3=O)[C@@]3(O)C(=O)[C@H](O)[C@@](C)(O)C[C@@]3(O)C=C2)O[C@@H]1C. The summed E-state index contributed by atoms with van der Waals surface area (Å²) in [4.78, 5) is 64.8. The number of Topliss-reactive ketones (excluding diaryl/α,β-unsaturated/α-hetero) is 3. The molecule has 1 aromatic carbocycles. The molecule has 0 radical (unpaired) electrons. The molecule has 1 aromatic rings. The van der Waals surface area contributed by atoms with Crippen molar-refractivity contribution in [1.29, 1.82) is 0 Å². The van der Waals surface area contributed by atoms with Gasteiger partial charge >= 0.3 is 11.9 Å². The van der Waals surface area contributed by atoms with E-state index in [4.69, 9.17) is 18.9 Å². The average molecular weight is 737 g/mol. The Morgan fingerprint density at radius 3 is 2.30 bits per heavy atom. The molecule has 2 heterocycles. The molecule has 2 unspecified atom stereocenters. The number of aliphatic carboxylic acids is 1. The number of aliphatic hydroxyl groups is 4. The lowest BCUT2D eigenvalue weighted by molar-refractivity contribution is -0.209. The van der Waals surface area contributed by atoms with Gasteiger partial charge in [-0.15, -0.1) is 0 Å². The second kappa shape index (κ2) is 13.4. The van der Waals surface area contributed by atoms with Crippen molar-refractivity contribution in [2.75, 3.05) is 0 Å². The zero-order valence-corrected chi connectivity index (χ0v) is 29.2. The molecule has 282 valence electrons. The van der Waals surface area contributed by atoms with Gasteiger partial charge in [-0.2, -0.15) is 0 Å². The minimum Gasteiger partial charge on any atom is -0.507 e. The van der Waals surface area contributed by atoms with Crippen LogP contribution in [0.4, 0.5) is 0 Å². The lowest BCUT2D eigenvalue weighted by atomic mass is 9.56.